The number of nitrogens with one attached hydrogen (secondary N) is 1. The molecule has 1 aromatic rings. The summed E-state index contributed by atoms with van der Waals surface area (Å²) < 4.78 is 0. The van der Waals surface area contributed by atoms with Crippen molar-refractivity contribution in [2.24, 2.45) is 5.41 Å². The lowest BCUT2D eigenvalue weighted by Gasteiger charge is -2.19. The van der Waals surface area contributed by atoms with Gasteiger partial charge in [-0.2, -0.15) is 5.10 Å². The van der Waals surface area contributed by atoms with Gasteiger partial charge >= 0.3 is 5.69 Å². The number of hydrogen-bond acceptors (Lipinski definition) is 3. The van der Waals surface area contributed by atoms with Gasteiger partial charge in [0.1, 0.15) is 11.9 Å². The smallest absolute Gasteiger partial charge is 0.275 e. The topological polar surface area (TPSA) is 71.8 Å². The molecule has 1 heterocycles. The van der Waals surface area contributed by atoms with Crippen LogP contribution in [-0.2, 0) is 6.42 Å². The van der Waals surface area contributed by atoms with E-state index in [0.717, 1.165) is 5.33 Å². The van der Waals surface area contributed by atoms with Crippen molar-refractivity contribution in [1.29, 1.82) is 0 Å². The van der Waals surface area contributed by atoms with Gasteiger partial charge in [-0.15, -0.1) is 0 Å². The minimum atomic E-state index is -0.414. The fourth-order valence-electron chi connectivity index (χ4n) is 1.12. The van der Waals surface area contributed by atoms with E-state index >= 15 is 0 Å². The number of rotatable bonds is 4. The van der Waals surface area contributed by atoms with E-state index in [2.05, 4.69) is 26.1 Å². The van der Waals surface area contributed by atoms with Gasteiger partial charge in [-0.3, -0.25) is 15.2 Å². The van der Waals surface area contributed by atoms with Crippen molar-refractivity contribution in [2.75, 3.05) is 5.33 Å². The van der Waals surface area contributed by atoms with Crippen LogP contribution >= 0.6 is 15.9 Å². The van der Waals surface area contributed by atoms with Crippen LogP contribution in [0.1, 0.15) is 19.5 Å². The van der Waals surface area contributed by atoms with Gasteiger partial charge in [-0.1, -0.05) is 29.8 Å². The van der Waals surface area contributed by atoms with Gasteiger partial charge in [0.15, 0.2) is 0 Å². The predicted molar refractivity (Wildman–Crippen MR) is 56.5 cm³/mol. The van der Waals surface area contributed by atoms with Gasteiger partial charge in [0, 0.05) is 11.8 Å². The highest BCUT2D eigenvalue weighted by atomic mass is 79.9. The second-order valence-electron chi connectivity index (χ2n) is 3.97. The lowest BCUT2D eigenvalue weighted by atomic mass is 9.90. The minimum absolute atomic E-state index is 0.0166. The Morgan fingerprint density at radius 1 is 1.71 bits per heavy atom. The molecule has 0 aromatic carbocycles. The molecule has 0 atom stereocenters. The molecule has 0 bridgehead atoms. The number of H-pyrrole nitrogens is 1. The number of aromatic nitrogens is 2. The van der Waals surface area contributed by atoms with Crippen molar-refractivity contribution < 1.29 is 4.92 Å². The minimum Gasteiger partial charge on any atom is -0.275 e. The molecule has 0 fully saturated rings. The van der Waals surface area contributed by atoms with Crippen LogP contribution in [0.4, 0.5) is 5.69 Å². The molecule has 0 aliphatic rings. The van der Waals surface area contributed by atoms with E-state index < -0.39 is 4.92 Å². The van der Waals surface area contributed by atoms with Crippen LogP contribution in [0.25, 0.3) is 0 Å². The Labute approximate surface area is 90.2 Å². The molecule has 0 amide bonds. The quantitative estimate of drug-likeness (QED) is 0.514. The van der Waals surface area contributed by atoms with E-state index in [1.54, 1.807) is 0 Å². The largest absolute Gasteiger partial charge is 0.309 e. The zero-order valence-electron chi connectivity index (χ0n) is 8.08. The zero-order valence-corrected chi connectivity index (χ0v) is 9.67. The number of nitro groups is 1. The van der Waals surface area contributed by atoms with Gasteiger partial charge in [0.2, 0.25) is 0 Å². The van der Waals surface area contributed by atoms with E-state index in [-0.39, 0.29) is 11.1 Å². The van der Waals surface area contributed by atoms with Crippen LogP contribution in [0.2, 0.25) is 0 Å². The number of alkyl halides is 1. The third-order valence-electron chi connectivity index (χ3n) is 1.91. The monoisotopic (exact) mass is 261 g/mol. The van der Waals surface area contributed by atoms with Crippen LogP contribution in [0.3, 0.4) is 0 Å². The van der Waals surface area contributed by atoms with Crippen molar-refractivity contribution >= 4 is 21.6 Å². The Kier molecular flexibility index (Phi) is 3.25. The zero-order chi connectivity index (χ0) is 10.8. The molecule has 0 saturated carbocycles. The first kappa shape index (κ1) is 11.2. The second kappa shape index (κ2) is 4.08. The first-order chi connectivity index (χ1) is 6.46. The molecule has 1 N–H and O–H groups in total. The third kappa shape index (κ3) is 2.54. The highest BCUT2D eigenvalue weighted by Gasteiger charge is 2.24. The Hall–Kier alpha value is -0.910. The third-order valence-corrected chi connectivity index (χ3v) is 3.43. The Bertz CT molecular complexity index is 335. The molecular weight excluding hydrogens is 250 g/mol. The summed E-state index contributed by atoms with van der Waals surface area (Å²) in [6, 6.07) is 0. The van der Waals surface area contributed by atoms with Crippen molar-refractivity contribution in [1.82, 2.24) is 10.2 Å². The van der Waals surface area contributed by atoms with Gasteiger partial charge < -0.3 is 0 Å². The summed E-state index contributed by atoms with van der Waals surface area (Å²) in [6.07, 6.45) is 1.86. The van der Waals surface area contributed by atoms with Crippen LogP contribution in [0.5, 0.6) is 0 Å². The van der Waals surface area contributed by atoms with E-state index in [9.17, 15) is 10.1 Å². The van der Waals surface area contributed by atoms with Gasteiger partial charge in [-0.05, 0) is 5.41 Å². The first-order valence-electron chi connectivity index (χ1n) is 4.19. The molecule has 0 spiro atoms. The normalized spacial score (nSPS) is 11.6. The maximum absolute atomic E-state index is 10.6. The number of nitrogens with zero attached hydrogens (tertiary/aromatic N) is 2. The first-order valence-corrected chi connectivity index (χ1v) is 5.31. The molecule has 0 radical (unpaired) electrons. The summed E-state index contributed by atoms with van der Waals surface area (Å²) >= 11 is 3.37. The molecular formula is C8H12BrN3O2. The van der Waals surface area contributed by atoms with E-state index in [4.69, 9.17) is 0 Å². The average Bonchev–Trinajstić information content (AvgIpc) is 2.51. The fourth-order valence-corrected chi connectivity index (χ4v) is 1.32. The lowest BCUT2D eigenvalue weighted by Crippen LogP contribution is -2.17. The van der Waals surface area contributed by atoms with Crippen molar-refractivity contribution in [3.8, 4) is 0 Å². The molecule has 78 valence electrons. The molecule has 5 nitrogen and oxygen atoms in total. The fraction of sp³-hybridized carbons (Fsp3) is 0.625. The standard InChI is InChI=1S/C8H12BrN3O2/c1-8(2,5-9)3-6-7(12(13)14)4-10-11-6/h4H,3,5H2,1-2H3,(H,10,11). The van der Waals surface area contributed by atoms with Gasteiger partial charge in [0.05, 0.1) is 4.92 Å². The summed E-state index contributed by atoms with van der Waals surface area (Å²) in [5.74, 6) is 0. The van der Waals surface area contributed by atoms with Crippen molar-refractivity contribution in [3.63, 3.8) is 0 Å². The lowest BCUT2D eigenvalue weighted by molar-refractivity contribution is -0.385. The Morgan fingerprint density at radius 2 is 2.36 bits per heavy atom. The van der Waals surface area contributed by atoms with E-state index in [1.165, 1.54) is 6.20 Å². The highest BCUT2D eigenvalue weighted by Crippen LogP contribution is 2.27. The van der Waals surface area contributed by atoms with Crippen LogP contribution in [0, 0.1) is 15.5 Å². The van der Waals surface area contributed by atoms with Crippen LogP contribution in [-0.4, -0.2) is 20.5 Å². The van der Waals surface area contributed by atoms with Crippen LogP contribution < -0.4 is 0 Å². The summed E-state index contributed by atoms with van der Waals surface area (Å²) in [5, 5.41) is 17.7. The SMILES string of the molecule is CC(C)(CBr)Cc1[nH]ncc1[N+](=O)[O-]. The second-order valence-corrected chi connectivity index (χ2v) is 4.53. The molecule has 6 heteroatoms. The molecule has 0 aliphatic heterocycles. The number of hydrogen-bond donors (Lipinski definition) is 1. The summed E-state index contributed by atoms with van der Waals surface area (Å²) in [6.45, 7) is 4.07. The number of halogens is 1. The Balaban J connectivity index is 2.86. The van der Waals surface area contributed by atoms with Crippen molar-refractivity contribution in [2.45, 2.75) is 20.3 Å². The number of aromatic amines is 1. The molecule has 1 rings (SSSR count). The van der Waals surface area contributed by atoms with E-state index in [1.807, 2.05) is 13.8 Å². The summed E-state index contributed by atoms with van der Waals surface area (Å²) in [5.41, 5.74) is 0.635. The molecule has 0 saturated heterocycles. The maximum atomic E-state index is 10.6. The van der Waals surface area contributed by atoms with Crippen molar-refractivity contribution in [3.05, 3.63) is 22.0 Å². The van der Waals surface area contributed by atoms with Gasteiger partial charge in [0.25, 0.3) is 0 Å². The van der Waals surface area contributed by atoms with Gasteiger partial charge in [-0.25, -0.2) is 0 Å². The van der Waals surface area contributed by atoms with E-state index in [0.29, 0.717) is 12.1 Å². The van der Waals surface area contributed by atoms with Crippen LogP contribution in [0.15, 0.2) is 6.20 Å². The average molecular weight is 262 g/mol. The Morgan fingerprint density at radius 3 is 2.86 bits per heavy atom. The molecule has 14 heavy (non-hydrogen) atoms. The predicted octanol–water partition coefficient (Wildman–Crippen LogP) is 2.28. The highest BCUT2D eigenvalue weighted by molar-refractivity contribution is 9.09. The summed E-state index contributed by atoms with van der Waals surface area (Å²) in [4.78, 5) is 10.2. The molecule has 0 aliphatic carbocycles. The maximum Gasteiger partial charge on any atom is 0.309 e. The summed E-state index contributed by atoms with van der Waals surface area (Å²) in [7, 11) is 0. The molecule has 0 unspecified atom stereocenters. The molecule has 1 aromatic heterocycles.